The van der Waals surface area contributed by atoms with E-state index in [4.69, 9.17) is 27.9 Å². The van der Waals surface area contributed by atoms with Crippen molar-refractivity contribution in [3.8, 4) is 16.9 Å². The van der Waals surface area contributed by atoms with Gasteiger partial charge >= 0.3 is 5.97 Å². The molecule has 0 radical (unpaired) electrons. The van der Waals surface area contributed by atoms with Gasteiger partial charge < -0.3 is 14.9 Å². The van der Waals surface area contributed by atoms with E-state index in [1.165, 1.54) is 6.20 Å². The monoisotopic (exact) mass is 398 g/mol. The number of hydrogen-bond acceptors (Lipinski definition) is 6. The number of ether oxygens (including phenoxy) is 1. The van der Waals surface area contributed by atoms with Crippen molar-refractivity contribution in [2.75, 3.05) is 13.2 Å². The smallest absolute Gasteiger partial charge is 0.325 e. The van der Waals surface area contributed by atoms with Gasteiger partial charge in [0, 0.05) is 27.4 Å². The summed E-state index contributed by atoms with van der Waals surface area (Å²) in [5.41, 5.74) is 1.48. The lowest BCUT2D eigenvalue weighted by Gasteiger charge is -2.13. The van der Waals surface area contributed by atoms with Crippen LogP contribution in [0.4, 0.5) is 0 Å². The normalized spacial score (nSPS) is 10.3. The molecule has 0 unspecified atom stereocenters. The Bertz CT molecular complexity index is 822. The molecule has 0 aliphatic heterocycles. The molecule has 0 aliphatic rings. The number of nitrogens with zero attached hydrogens (tertiary/aromatic N) is 1. The fourth-order valence-electron chi connectivity index (χ4n) is 2.31. The van der Waals surface area contributed by atoms with E-state index < -0.39 is 11.9 Å². The predicted molar refractivity (Wildman–Crippen MR) is 96.7 cm³/mol. The van der Waals surface area contributed by atoms with Gasteiger partial charge in [0.15, 0.2) is 11.4 Å². The molecule has 0 aliphatic carbocycles. The zero-order chi connectivity index (χ0) is 19.3. The first-order valence-electron chi connectivity index (χ1n) is 7.58. The van der Waals surface area contributed by atoms with Gasteiger partial charge in [-0.15, -0.1) is 0 Å². The first-order valence-corrected chi connectivity index (χ1v) is 8.34. The molecule has 9 heteroatoms. The Morgan fingerprint density at radius 3 is 2.46 bits per heavy atom. The zero-order valence-electron chi connectivity index (χ0n) is 14.0. The summed E-state index contributed by atoms with van der Waals surface area (Å²) in [6.45, 7) is 3.17. The van der Waals surface area contributed by atoms with Crippen LogP contribution in [0.1, 0.15) is 23.0 Å². The number of aromatic nitrogens is 1. The molecule has 1 heterocycles. The number of hydrogen-bond donors (Lipinski definition) is 2. The molecular weight excluding hydrogens is 383 g/mol. The summed E-state index contributed by atoms with van der Waals surface area (Å²) < 4.78 is 4.73. The Morgan fingerprint density at radius 2 is 1.88 bits per heavy atom. The highest BCUT2D eigenvalue weighted by Gasteiger charge is 2.21. The van der Waals surface area contributed by atoms with E-state index in [9.17, 15) is 14.8 Å². The standard InChI is InChI=1S/C17H16Cl2N2O5/c1-3-25-14(22)8-21-17(23)15-16(26-24)9(2)13(7-20-15)10-4-11(18)6-12(19)5-10/h4-7,24H,3,8H2,1-2H3,(H,21,23). The van der Waals surface area contributed by atoms with Crippen LogP contribution in [0, 0.1) is 6.92 Å². The molecule has 7 nitrogen and oxygen atoms in total. The van der Waals surface area contributed by atoms with Gasteiger partial charge in [-0.2, -0.15) is 0 Å². The summed E-state index contributed by atoms with van der Waals surface area (Å²) in [6, 6.07) is 4.91. The quantitative estimate of drug-likeness (QED) is 0.438. The van der Waals surface area contributed by atoms with Crippen molar-refractivity contribution in [1.82, 2.24) is 10.3 Å². The number of esters is 1. The molecule has 0 saturated carbocycles. The number of nitrogens with one attached hydrogen (secondary N) is 1. The molecule has 1 aromatic carbocycles. The zero-order valence-corrected chi connectivity index (χ0v) is 15.5. The maximum Gasteiger partial charge on any atom is 0.325 e. The van der Waals surface area contributed by atoms with E-state index in [0.717, 1.165) is 0 Å². The maximum atomic E-state index is 12.2. The van der Waals surface area contributed by atoms with Gasteiger partial charge in [0.05, 0.1) is 6.61 Å². The van der Waals surface area contributed by atoms with Gasteiger partial charge in [-0.1, -0.05) is 23.2 Å². The number of amides is 1. The Kier molecular flexibility index (Phi) is 6.79. The average molecular weight is 399 g/mol. The van der Waals surface area contributed by atoms with Crippen LogP contribution in [-0.2, 0) is 9.53 Å². The highest BCUT2D eigenvalue weighted by molar-refractivity contribution is 6.35. The molecule has 2 rings (SSSR count). The topological polar surface area (TPSA) is 97.8 Å². The second-order valence-corrected chi connectivity index (χ2v) is 6.08. The van der Waals surface area contributed by atoms with Crippen molar-refractivity contribution in [3.63, 3.8) is 0 Å². The van der Waals surface area contributed by atoms with Crippen LogP contribution in [0.3, 0.4) is 0 Å². The van der Waals surface area contributed by atoms with Crippen molar-refractivity contribution in [2.24, 2.45) is 0 Å². The summed E-state index contributed by atoms with van der Waals surface area (Å²) in [5.74, 6) is -1.42. The Hall–Kier alpha value is -2.35. The first kappa shape index (κ1) is 20.0. The second kappa shape index (κ2) is 8.84. The van der Waals surface area contributed by atoms with Crippen molar-refractivity contribution < 1.29 is 24.5 Å². The van der Waals surface area contributed by atoms with Crippen molar-refractivity contribution in [3.05, 3.63) is 45.7 Å². The SMILES string of the molecule is CCOC(=O)CNC(=O)c1ncc(-c2cc(Cl)cc(Cl)c2)c(C)c1OO. The van der Waals surface area contributed by atoms with Crippen LogP contribution < -0.4 is 10.2 Å². The van der Waals surface area contributed by atoms with Gasteiger partial charge in [0.1, 0.15) is 6.54 Å². The summed E-state index contributed by atoms with van der Waals surface area (Å²) in [7, 11) is 0. The lowest BCUT2D eigenvalue weighted by Crippen LogP contribution is -2.31. The summed E-state index contributed by atoms with van der Waals surface area (Å²) in [4.78, 5) is 32.0. The van der Waals surface area contributed by atoms with Crippen LogP contribution in [0.2, 0.25) is 10.0 Å². The molecule has 2 N–H and O–H groups in total. The number of rotatable bonds is 6. The minimum atomic E-state index is -0.694. The summed E-state index contributed by atoms with van der Waals surface area (Å²) >= 11 is 12.0. The number of carbonyl (C=O) groups excluding carboxylic acids is 2. The molecule has 2 aromatic rings. The van der Waals surface area contributed by atoms with Gasteiger partial charge in [-0.3, -0.25) is 9.59 Å². The lowest BCUT2D eigenvalue weighted by molar-refractivity contribution is -0.141. The third kappa shape index (κ3) is 4.63. The third-order valence-electron chi connectivity index (χ3n) is 3.46. The largest absolute Gasteiger partial charge is 0.465 e. The predicted octanol–water partition coefficient (Wildman–Crippen LogP) is 3.51. The van der Waals surface area contributed by atoms with Crippen molar-refractivity contribution >= 4 is 35.1 Å². The van der Waals surface area contributed by atoms with E-state index in [2.05, 4.69) is 15.2 Å². The molecule has 0 atom stereocenters. The number of pyridine rings is 1. The van der Waals surface area contributed by atoms with Gasteiger partial charge in [0.2, 0.25) is 0 Å². The minimum Gasteiger partial charge on any atom is -0.465 e. The Labute approximate surface area is 159 Å². The van der Waals surface area contributed by atoms with Gasteiger partial charge in [0.25, 0.3) is 5.91 Å². The van der Waals surface area contributed by atoms with E-state index in [0.29, 0.717) is 26.7 Å². The lowest BCUT2D eigenvalue weighted by atomic mass is 10.0. The number of carbonyl (C=O) groups is 2. The molecule has 1 amide bonds. The van der Waals surface area contributed by atoms with E-state index in [1.54, 1.807) is 32.0 Å². The van der Waals surface area contributed by atoms with Crippen LogP contribution in [0.25, 0.3) is 11.1 Å². The number of benzene rings is 1. The minimum absolute atomic E-state index is 0.139. The molecule has 26 heavy (non-hydrogen) atoms. The molecule has 138 valence electrons. The highest BCUT2D eigenvalue weighted by Crippen LogP contribution is 2.34. The molecule has 0 saturated heterocycles. The first-order chi connectivity index (χ1) is 12.4. The number of halogens is 2. The van der Waals surface area contributed by atoms with Crippen LogP contribution in [-0.4, -0.2) is 35.3 Å². The fraction of sp³-hybridized carbons (Fsp3) is 0.235. The van der Waals surface area contributed by atoms with E-state index in [1.807, 2.05) is 0 Å². The maximum absolute atomic E-state index is 12.2. The Balaban J connectivity index is 2.35. The molecular formula is C17H16Cl2N2O5. The molecule has 0 bridgehead atoms. The fourth-order valence-corrected chi connectivity index (χ4v) is 2.83. The second-order valence-electron chi connectivity index (χ2n) is 5.21. The van der Waals surface area contributed by atoms with Gasteiger partial charge in [-0.05, 0) is 37.6 Å². The van der Waals surface area contributed by atoms with Gasteiger partial charge in [-0.25, -0.2) is 10.2 Å². The third-order valence-corrected chi connectivity index (χ3v) is 3.90. The van der Waals surface area contributed by atoms with Crippen molar-refractivity contribution in [1.29, 1.82) is 0 Å². The summed E-state index contributed by atoms with van der Waals surface area (Å²) in [6.07, 6.45) is 1.43. The highest BCUT2D eigenvalue weighted by atomic mass is 35.5. The van der Waals surface area contributed by atoms with Crippen LogP contribution in [0.15, 0.2) is 24.4 Å². The van der Waals surface area contributed by atoms with Crippen LogP contribution in [0.5, 0.6) is 5.75 Å². The van der Waals surface area contributed by atoms with Crippen LogP contribution >= 0.6 is 23.2 Å². The molecule has 0 spiro atoms. The summed E-state index contributed by atoms with van der Waals surface area (Å²) in [5, 5.41) is 12.4. The molecule has 0 fully saturated rings. The molecule has 1 aromatic heterocycles. The van der Waals surface area contributed by atoms with E-state index >= 15 is 0 Å². The average Bonchev–Trinajstić information content (AvgIpc) is 2.58. The van der Waals surface area contributed by atoms with E-state index in [-0.39, 0.29) is 24.6 Å². The van der Waals surface area contributed by atoms with Crippen molar-refractivity contribution in [2.45, 2.75) is 13.8 Å². The Morgan fingerprint density at radius 1 is 1.23 bits per heavy atom.